The van der Waals surface area contributed by atoms with Crippen molar-refractivity contribution in [1.82, 2.24) is 0 Å². The van der Waals surface area contributed by atoms with Crippen LogP contribution in [0.3, 0.4) is 0 Å². The van der Waals surface area contributed by atoms with E-state index in [1.165, 1.54) is 114 Å². The Balaban J connectivity index is 1.14. The molecule has 68 heavy (non-hydrogen) atoms. The summed E-state index contributed by atoms with van der Waals surface area (Å²) in [4.78, 5) is 58.7. The third-order valence-corrected chi connectivity index (χ3v) is 15.4. The molecule has 0 atom stereocenters. The quantitative estimate of drug-likeness (QED) is 0.0458. The summed E-state index contributed by atoms with van der Waals surface area (Å²) < 4.78 is 0. The summed E-state index contributed by atoms with van der Waals surface area (Å²) in [6.45, 7) is 10.1. The van der Waals surface area contributed by atoms with Crippen molar-refractivity contribution in [2.24, 2.45) is 11.8 Å². The summed E-state index contributed by atoms with van der Waals surface area (Å²) in [5.41, 5.74) is 5.89. The number of benzene rings is 4. The van der Waals surface area contributed by atoms with Gasteiger partial charge in [0.25, 0.3) is 11.8 Å². The first kappa shape index (κ1) is 50.6. The summed E-state index contributed by atoms with van der Waals surface area (Å²) in [5.74, 6) is 1.20. The third kappa shape index (κ3) is 12.7. The first-order valence-electron chi connectivity index (χ1n) is 27.0. The second-order valence-electron chi connectivity index (χ2n) is 20.3. The van der Waals surface area contributed by atoms with Crippen molar-refractivity contribution < 1.29 is 19.2 Å². The molecule has 3 aliphatic carbocycles. The average molecular weight is 921 g/mol. The number of amides is 2. The van der Waals surface area contributed by atoms with Gasteiger partial charge in [0, 0.05) is 35.6 Å². The Bertz CT molecular complexity index is 2140. The lowest BCUT2D eigenvalue weighted by Gasteiger charge is -2.29. The third-order valence-electron chi connectivity index (χ3n) is 15.4. The zero-order chi connectivity index (χ0) is 47.8. The zero-order valence-electron chi connectivity index (χ0n) is 41.8. The van der Waals surface area contributed by atoms with Crippen molar-refractivity contribution >= 4 is 46.1 Å². The molecule has 0 aliphatic heterocycles. The van der Waals surface area contributed by atoms with E-state index in [0.717, 1.165) is 50.4 Å². The second-order valence-corrected chi connectivity index (χ2v) is 20.3. The van der Waals surface area contributed by atoms with Gasteiger partial charge in [0.2, 0.25) is 0 Å². The molecule has 0 saturated heterocycles. The molecule has 4 N–H and O–H groups in total. The fraction of sp³-hybridized carbons (Fsp3) is 0.533. The van der Waals surface area contributed by atoms with Crippen LogP contribution < -0.4 is 21.3 Å². The van der Waals surface area contributed by atoms with Gasteiger partial charge in [-0.15, -0.1) is 0 Å². The number of carbonyl (C=O) groups is 4. The summed E-state index contributed by atoms with van der Waals surface area (Å²) in [7, 11) is 0. The molecule has 0 radical (unpaired) electrons. The highest BCUT2D eigenvalue weighted by molar-refractivity contribution is 6.36. The van der Waals surface area contributed by atoms with Gasteiger partial charge < -0.3 is 21.3 Å². The molecular formula is C60H80N4O4. The van der Waals surface area contributed by atoms with Crippen LogP contribution in [0.5, 0.6) is 0 Å². The number of fused-ring (bicyclic) bond motifs is 2. The maximum absolute atomic E-state index is 15.3. The van der Waals surface area contributed by atoms with E-state index in [9.17, 15) is 9.59 Å². The summed E-state index contributed by atoms with van der Waals surface area (Å²) >= 11 is 0. The monoisotopic (exact) mass is 921 g/mol. The van der Waals surface area contributed by atoms with Crippen LogP contribution in [0.4, 0.5) is 22.7 Å². The molecule has 8 nitrogen and oxygen atoms in total. The van der Waals surface area contributed by atoms with Gasteiger partial charge in [-0.3, -0.25) is 19.2 Å². The number of nitrogens with one attached hydrogen (secondary N) is 4. The van der Waals surface area contributed by atoms with E-state index >= 15 is 9.59 Å². The van der Waals surface area contributed by atoms with Crippen molar-refractivity contribution in [3.8, 4) is 0 Å². The van der Waals surface area contributed by atoms with E-state index in [1.807, 2.05) is 24.3 Å². The average Bonchev–Trinajstić information content (AvgIpc) is 3.37. The molecule has 0 bridgehead atoms. The molecule has 8 heteroatoms. The second kappa shape index (κ2) is 25.4. The molecule has 0 heterocycles. The fourth-order valence-corrected chi connectivity index (χ4v) is 11.2. The number of ketones is 2. The number of anilines is 4. The van der Waals surface area contributed by atoms with Gasteiger partial charge in [-0.05, 0) is 148 Å². The Kier molecular flexibility index (Phi) is 18.9. The van der Waals surface area contributed by atoms with E-state index in [2.05, 4.69) is 73.2 Å². The normalized spacial score (nSPS) is 18.9. The van der Waals surface area contributed by atoms with Gasteiger partial charge in [0.05, 0.1) is 33.6 Å². The Hall–Kier alpha value is -5.24. The van der Waals surface area contributed by atoms with Gasteiger partial charge in [-0.25, -0.2) is 0 Å². The predicted molar refractivity (Wildman–Crippen MR) is 282 cm³/mol. The smallest absolute Gasteiger partial charge is 0.255 e. The van der Waals surface area contributed by atoms with Crippen LogP contribution in [0.1, 0.15) is 244 Å². The number of rotatable bonds is 24. The highest BCUT2D eigenvalue weighted by atomic mass is 16.2. The lowest BCUT2D eigenvalue weighted by Crippen LogP contribution is -2.28. The minimum absolute atomic E-state index is 0.131. The van der Waals surface area contributed by atoms with E-state index in [-0.39, 0.29) is 51.2 Å². The molecule has 4 aromatic carbocycles. The van der Waals surface area contributed by atoms with Crippen molar-refractivity contribution in [1.29, 1.82) is 0 Å². The van der Waals surface area contributed by atoms with E-state index in [1.54, 1.807) is 24.3 Å². The molecule has 2 saturated carbocycles. The standard InChI is InChI=1S/C60H80N4O4/c1-5-9-13-17-41-19-23-43(24-20-41)45-27-31-47(32-28-45)59(67)63-51-37-35-49(61-39-15-11-7-3)53-55(51)58(66)56-52(38-36-50(54(56)57(53)65)62-40-16-12-8-4)64-60(68)48-33-29-46(30-34-48)44-25-21-42(22-26-44)18-14-10-6-2/h27-38,41-44,61-62H,5-26,39-40H2,1-4H3,(H,63,67)(H,64,68). The Morgan fingerprint density at radius 1 is 0.412 bits per heavy atom. The fourth-order valence-electron chi connectivity index (χ4n) is 11.2. The van der Waals surface area contributed by atoms with Crippen molar-refractivity contribution in [2.75, 3.05) is 34.4 Å². The molecule has 0 aromatic heterocycles. The summed E-state index contributed by atoms with van der Waals surface area (Å²) in [6.07, 6.45) is 26.2. The number of hydrogen-bond donors (Lipinski definition) is 4. The Morgan fingerprint density at radius 3 is 1.09 bits per heavy atom. The first-order chi connectivity index (χ1) is 33.2. The molecule has 7 rings (SSSR count). The summed E-state index contributed by atoms with van der Waals surface area (Å²) in [5, 5.41) is 13.0. The summed E-state index contributed by atoms with van der Waals surface area (Å²) in [6, 6.07) is 22.9. The number of carbonyl (C=O) groups excluding carboxylic acids is 4. The van der Waals surface area contributed by atoms with Crippen LogP contribution in [-0.2, 0) is 0 Å². The van der Waals surface area contributed by atoms with Crippen LogP contribution >= 0.6 is 0 Å². The molecule has 2 amide bonds. The lowest BCUT2D eigenvalue weighted by atomic mass is 9.77. The molecule has 0 unspecified atom stereocenters. The van der Waals surface area contributed by atoms with Gasteiger partial charge in [0.1, 0.15) is 0 Å². The van der Waals surface area contributed by atoms with Crippen LogP contribution in [0, 0.1) is 11.8 Å². The lowest BCUT2D eigenvalue weighted by molar-refractivity contribution is 0.0979. The highest BCUT2D eigenvalue weighted by Gasteiger charge is 2.38. The molecule has 0 spiro atoms. The van der Waals surface area contributed by atoms with Crippen molar-refractivity contribution in [3.05, 3.63) is 117 Å². The van der Waals surface area contributed by atoms with E-state index in [4.69, 9.17) is 0 Å². The van der Waals surface area contributed by atoms with Gasteiger partial charge in [-0.2, -0.15) is 0 Å². The largest absolute Gasteiger partial charge is 0.384 e. The van der Waals surface area contributed by atoms with Crippen LogP contribution in [0.25, 0.3) is 0 Å². The van der Waals surface area contributed by atoms with Gasteiger partial charge in [0.15, 0.2) is 11.6 Å². The molecular weight excluding hydrogens is 841 g/mol. The molecule has 4 aromatic rings. The minimum Gasteiger partial charge on any atom is -0.384 e. The first-order valence-corrected chi connectivity index (χ1v) is 27.0. The maximum atomic E-state index is 15.3. The maximum Gasteiger partial charge on any atom is 0.255 e. The van der Waals surface area contributed by atoms with Crippen LogP contribution in [0.2, 0.25) is 0 Å². The van der Waals surface area contributed by atoms with Crippen LogP contribution in [0.15, 0.2) is 72.8 Å². The van der Waals surface area contributed by atoms with Crippen molar-refractivity contribution in [2.45, 2.75) is 181 Å². The Labute approximate surface area is 408 Å². The predicted octanol–water partition coefficient (Wildman–Crippen LogP) is 15.9. The highest BCUT2D eigenvalue weighted by Crippen LogP contribution is 2.43. The molecule has 3 aliphatic rings. The number of hydrogen-bond acceptors (Lipinski definition) is 6. The number of unbranched alkanes of at least 4 members (excludes halogenated alkanes) is 8. The van der Waals surface area contributed by atoms with Crippen LogP contribution in [-0.4, -0.2) is 36.5 Å². The Morgan fingerprint density at radius 2 is 0.735 bits per heavy atom. The molecule has 364 valence electrons. The SMILES string of the molecule is CCCCCNc1ccc(NC(=O)c2ccc(C3CCC(CCCCC)CC3)cc2)c2c1C(=O)c1c(NCCCCC)ccc(NC(=O)c3ccc(C4CCC(CCCCC)CC4)cc3)c1C2=O. The van der Waals surface area contributed by atoms with E-state index < -0.39 is 5.78 Å². The van der Waals surface area contributed by atoms with Gasteiger partial charge >= 0.3 is 0 Å². The minimum atomic E-state index is -0.420. The van der Waals surface area contributed by atoms with Crippen molar-refractivity contribution in [3.63, 3.8) is 0 Å². The molecule has 2 fully saturated rings. The van der Waals surface area contributed by atoms with Gasteiger partial charge in [-0.1, -0.05) is 129 Å². The topological polar surface area (TPSA) is 116 Å². The zero-order valence-corrected chi connectivity index (χ0v) is 41.8. The van der Waals surface area contributed by atoms with E-state index in [0.29, 0.717) is 47.4 Å².